The molecule has 6 heteroatoms. The molecule has 1 rings (SSSR count). The minimum atomic E-state index is -1.27. The van der Waals surface area contributed by atoms with Crippen LogP contribution in [0.2, 0.25) is 0 Å². The maximum absolute atomic E-state index is 11.0. The van der Waals surface area contributed by atoms with Crippen molar-refractivity contribution in [1.29, 1.82) is 0 Å². The number of carbonyl (C=O) groups excluding carboxylic acids is 1. The Morgan fingerprint density at radius 1 is 1.30 bits per heavy atom. The lowest BCUT2D eigenvalue weighted by Gasteiger charge is -2.17. The Morgan fingerprint density at radius 3 is 2.60 bits per heavy atom. The van der Waals surface area contributed by atoms with Crippen LogP contribution in [0.5, 0.6) is 0 Å². The molecule has 0 amide bonds. The van der Waals surface area contributed by atoms with Crippen molar-refractivity contribution in [2.45, 2.75) is 31.5 Å². The summed E-state index contributed by atoms with van der Waals surface area (Å²) in [5.74, 6) is -1.51. The lowest BCUT2D eigenvalue weighted by molar-refractivity contribution is -0.144. The molecule has 20 heavy (non-hydrogen) atoms. The van der Waals surface area contributed by atoms with Gasteiger partial charge in [-0.1, -0.05) is 24.3 Å². The van der Waals surface area contributed by atoms with Crippen LogP contribution in [0.4, 0.5) is 0 Å². The first-order valence-corrected chi connectivity index (χ1v) is 6.17. The SMILES string of the molecule is COC(=O)CC(O)C(O)c1cccc(CCC(=O)O)c1. The number of carboxylic acids is 1. The van der Waals surface area contributed by atoms with Gasteiger partial charge >= 0.3 is 11.9 Å². The number of esters is 1. The molecule has 110 valence electrons. The molecule has 0 radical (unpaired) electrons. The molecule has 0 heterocycles. The topological polar surface area (TPSA) is 104 Å². The normalized spacial score (nSPS) is 13.6. The number of aryl methyl sites for hydroxylation is 1. The quantitative estimate of drug-likeness (QED) is 0.635. The van der Waals surface area contributed by atoms with Crippen molar-refractivity contribution < 1.29 is 29.6 Å². The van der Waals surface area contributed by atoms with Gasteiger partial charge in [0.05, 0.1) is 19.6 Å². The summed E-state index contributed by atoms with van der Waals surface area (Å²) < 4.78 is 4.42. The number of benzene rings is 1. The highest BCUT2D eigenvalue weighted by atomic mass is 16.5. The van der Waals surface area contributed by atoms with Crippen LogP contribution in [0.3, 0.4) is 0 Å². The second kappa shape index (κ2) is 7.62. The third-order valence-corrected chi connectivity index (χ3v) is 2.89. The smallest absolute Gasteiger partial charge is 0.308 e. The molecule has 0 aliphatic rings. The molecular formula is C14H18O6. The fraction of sp³-hybridized carbons (Fsp3) is 0.429. The van der Waals surface area contributed by atoms with E-state index in [1.165, 1.54) is 7.11 Å². The number of ether oxygens (including phenoxy) is 1. The first kappa shape index (κ1) is 16.1. The van der Waals surface area contributed by atoms with Crippen LogP contribution in [-0.2, 0) is 20.7 Å². The highest BCUT2D eigenvalue weighted by Gasteiger charge is 2.22. The van der Waals surface area contributed by atoms with Crippen molar-refractivity contribution in [2.24, 2.45) is 0 Å². The van der Waals surface area contributed by atoms with Gasteiger partial charge in [-0.05, 0) is 17.5 Å². The maximum atomic E-state index is 11.0. The van der Waals surface area contributed by atoms with E-state index in [0.717, 1.165) is 5.56 Å². The molecule has 6 nitrogen and oxygen atoms in total. The van der Waals surface area contributed by atoms with E-state index in [1.54, 1.807) is 24.3 Å². The third-order valence-electron chi connectivity index (χ3n) is 2.89. The predicted molar refractivity (Wildman–Crippen MR) is 70.0 cm³/mol. The monoisotopic (exact) mass is 282 g/mol. The number of aliphatic carboxylic acids is 1. The van der Waals surface area contributed by atoms with Crippen LogP contribution >= 0.6 is 0 Å². The van der Waals surface area contributed by atoms with Crippen molar-refractivity contribution >= 4 is 11.9 Å². The van der Waals surface area contributed by atoms with Crippen molar-refractivity contribution in [3.63, 3.8) is 0 Å². The molecule has 0 saturated heterocycles. The minimum Gasteiger partial charge on any atom is -0.481 e. The highest BCUT2D eigenvalue weighted by Crippen LogP contribution is 2.21. The van der Waals surface area contributed by atoms with Gasteiger partial charge in [-0.2, -0.15) is 0 Å². The molecule has 2 unspecified atom stereocenters. The molecule has 0 bridgehead atoms. The van der Waals surface area contributed by atoms with E-state index >= 15 is 0 Å². The van der Waals surface area contributed by atoms with Crippen molar-refractivity contribution in [3.05, 3.63) is 35.4 Å². The zero-order valence-electron chi connectivity index (χ0n) is 11.2. The largest absolute Gasteiger partial charge is 0.481 e. The Balaban J connectivity index is 2.72. The number of hydrogen-bond donors (Lipinski definition) is 3. The Kier molecular flexibility index (Phi) is 6.14. The summed E-state index contributed by atoms with van der Waals surface area (Å²) in [6.45, 7) is 0. The lowest BCUT2D eigenvalue weighted by atomic mass is 9.98. The Labute approximate surface area is 116 Å². The van der Waals surface area contributed by atoms with Gasteiger partial charge in [0.2, 0.25) is 0 Å². The molecule has 0 spiro atoms. The molecule has 1 aromatic carbocycles. The van der Waals surface area contributed by atoms with Gasteiger partial charge in [0.1, 0.15) is 6.10 Å². The molecule has 0 aliphatic carbocycles. The number of hydrogen-bond acceptors (Lipinski definition) is 5. The highest BCUT2D eigenvalue weighted by molar-refractivity contribution is 5.69. The Morgan fingerprint density at radius 2 is 2.00 bits per heavy atom. The van der Waals surface area contributed by atoms with E-state index in [-0.39, 0.29) is 12.8 Å². The van der Waals surface area contributed by atoms with Gasteiger partial charge in [-0.3, -0.25) is 9.59 Å². The second-order valence-electron chi connectivity index (χ2n) is 4.43. The fourth-order valence-electron chi connectivity index (χ4n) is 1.77. The van der Waals surface area contributed by atoms with E-state index in [2.05, 4.69) is 4.74 Å². The predicted octanol–water partition coefficient (Wildman–Crippen LogP) is 0.661. The molecule has 2 atom stereocenters. The summed E-state index contributed by atoms with van der Waals surface area (Å²) in [5, 5.41) is 28.3. The maximum Gasteiger partial charge on any atom is 0.308 e. The number of carboxylic acid groups (broad SMARTS) is 1. The molecule has 0 saturated carbocycles. The summed E-state index contributed by atoms with van der Waals surface area (Å²) in [7, 11) is 1.20. The number of aliphatic hydroxyl groups excluding tert-OH is 2. The molecule has 0 aliphatic heterocycles. The van der Waals surface area contributed by atoms with Crippen molar-refractivity contribution in [3.8, 4) is 0 Å². The zero-order valence-corrected chi connectivity index (χ0v) is 11.2. The summed E-state index contributed by atoms with van der Waals surface area (Å²) >= 11 is 0. The molecule has 3 N–H and O–H groups in total. The summed E-state index contributed by atoms with van der Waals surface area (Å²) in [6.07, 6.45) is -2.47. The van der Waals surface area contributed by atoms with Gasteiger partial charge in [0.25, 0.3) is 0 Å². The van der Waals surface area contributed by atoms with E-state index in [0.29, 0.717) is 12.0 Å². The van der Waals surface area contributed by atoms with Crippen LogP contribution in [0, 0.1) is 0 Å². The summed E-state index contributed by atoms with van der Waals surface area (Å²) in [4.78, 5) is 21.6. The van der Waals surface area contributed by atoms with E-state index in [4.69, 9.17) is 5.11 Å². The van der Waals surface area contributed by atoms with Crippen LogP contribution < -0.4 is 0 Å². The second-order valence-corrected chi connectivity index (χ2v) is 4.43. The van der Waals surface area contributed by atoms with E-state index in [9.17, 15) is 19.8 Å². The average molecular weight is 282 g/mol. The Hall–Kier alpha value is -1.92. The summed E-state index contributed by atoms with van der Waals surface area (Å²) in [6, 6.07) is 6.63. The lowest BCUT2D eigenvalue weighted by Crippen LogP contribution is -2.22. The first-order valence-electron chi connectivity index (χ1n) is 6.17. The van der Waals surface area contributed by atoms with Crippen LogP contribution in [0.1, 0.15) is 30.1 Å². The molecule has 1 aromatic rings. The van der Waals surface area contributed by atoms with Gasteiger partial charge in [-0.15, -0.1) is 0 Å². The van der Waals surface area contributed by atoms with Gasteiger partial charge in [0.15, 0.2) is 0 Å². The number of aliphatic hydroxyl groups is 2. The minimum absolute atomic E-state index is 0.00966. The number of carbonyl (C=O) groups is 2. The van der Waals surface area contributed by atoms with Crippen LogP contribution in [-0.4, -0.2) is 40.5 Å². The van der Waals surface area contributed by atoms with Crippen molar-refractivity contribution in [1.82, 2.24) is 0 Å². The van der Waals surface area contributed by atoms with E-state index < -0.39 is 24.1 Å². The molecule has 0 fully saturated rings. The Bertz CT molecular complexity index is 470. The average Bonchev–Trinajstić information content (AvgIpc) is 2.44. The van der Waals surface area contributed by atoms with Gasteiger partial charge < -0.3 is 20.1 Å². The van der Waals surface area contributed by atoms with Gasteiger partial charge in [0, 0.05) is 6.42 Å². The van der Waals surface area contributed by atoms with Crippen LogP contribution in [0.25, 0.3) is 0 Å². The first-order chi connectivity index (χ1) is 9.43. The van der Waals surface area contributed by atoms with Gasteiger partial charge in [-0.25, -0.2) is 0 Å². The number of methoxy groups -OCH3 is 1. The third kappa shape index (κ3) is 4.99. The summed E-state index contributed by atoms with van der Waals surface area (Å²) in [5.41, 5.74) is 1.18. The fourth-order valence-corrected chi connectivity index (χ4v) is 1.77. The standard InChI is InChI=1S/C14H18O6/c1-20-13(18)8-11(15)14(19)10-4-2-3-9(7-10)5-6-12(16)17/h2-4,7,11,14-15,19H,5-6,8H2,1H3,(H,16,17). The van der Waals surface area contributed by atoms with E-state index in [1.807, 2.05) is 0 Å². The van der Waals surface area contributed by atoms with Crippen molar-refractivity contribution in [2.75, 3.05) is 7.11 Å². The van der Waals surface area contributed by atoms with Crippen LogP contribution in [0.15, 0.2) is 24.3 Å². The molecular weight excluding hydrogens is 264 g/mol. The zero-order chi connectivity index (χ0) is 15.1. The molecule has 0 aromatic heterocycles. The number of rotatable bonds is 7.